The van der Waals surface area contributed by atoms with Crippen LogP contribution in [0.4, 0.5) is 0 Å². The molecule has 0 unspecified atom stereocenters. The maximum Gasteiger partial charge on any atom is 0.307 e. The molecule has 1 aromatic rings. The van der Waals surface area contributed by atoms with Gasteiger partial charge in [-0.3, -0.25) is 4.79 Å². The second-order valence-electron chi connectivity index (χ2n) is 2.58. The minimum absolute atomic E-state index is 0.0115. The summed E-state index contributed by atoms with van der Waals surface area (Å²) in [5.41, 5.74) is 0.721. The van der Waals surface area contributed by atoms with Crippen molar-refractivity contribution in [2.24, 2.45) is 0 Å². The van der Waals surface area contributed by atoms with Crippen LogP contribution in [0.3, 0.4) is 0 Å². The van der Waals surface area contributed by atoms with E-state index in [2.05, 4.69) is 12.6 Å². The van der Waals surface area contributed by atoms with Crippen molar-refractivity contribution in [1.29, 1.82) is 0 Å². The molecule has 1 aromatic carbocycles. The zero-order valence-corrected chi connectivity index (χ0v) is 8.04. The average molecular weight is 198 g/mol. The number of carboxylic acid groups (broad SMARTS) is 1. The van der Waals surface area contributed by atoms with Crippen LogP contribution in [-0.4, -0.2) is 18.2 Å². The van der Waals surface area contributed by atoms with Crippen molar-refractivity contribution in [3.63, 3.8) is 0 Å². The molecule has 0 atom stereocenters. The molecule has 3 nitrogen and oxygen atoms in total. The van der Waals surface area contributed by atoms with Crippen molar-refractivity contribution in [2.45, 2.75) is 11.3 Å². The fourth-order valence-corrected chi connectivity index (χ4v) is 1.35. The first-order chi connectivity index (χ1) is 6.13. The Kier molecular flexibility index (Phi) is 3.19. The van der Waals surface area contributed by atoms with Crippen molar-refractivity contribution < 1.29 is 14.6 Å². The zero-order chi connectivity index (χ0) is 9.84. The third-order valence-corrected chi connectivity index (χ3v) is 1.95. The molecule has 13 heavy (non-hydrogen) atoms. The molecule has 0 aliphatic heterocycles. The van der Waals surface area contributed by atoms with Gasteiger partial charge >= 0.3 is 5.97 Å². The van der Waals surface area contributed by atoms with E-state index in [1.165, 1.54) is 0 Å². The Morgan fingerprint density at radius 3 is 2.77 bits per heavy atom. The fourth-order valence-electron chi connectivity index (χ4n) is 1.02. The van der Waals surface area contributed by atoms with Crippen molar-refractivity contribution in [3.05, 3.63) is 23.8 Å². The highest BCUT2D eigenvalue weighted by atomic mass is 32.1. The van der Waals surface area contributed by atoms with E-state index in [0.29, 0.717) is 10.6 Å². The first-order valence-corrected chi connectivity index (χ1v) is 4.16. The van der Waals surface area contributed by atoms with E-state index in [0.717, 1.165) is 5.56 Å². The summed E-state index contributed by atoms with van der Waals surface area (Å²) in [5.74, 6) is -0.199. The summed E-state index contributed by atoms with van der Waals surface area (Å²) in [5, 5.41) is 8.53. The molecule has 0 aliphatic carbocycles. The van der Waals surface area contributed by atoms with Gasteiger partial charge in [0.05, 0.1) is 13.5 Å². The summed E-state index contributed by atoms with van der Waals surface area (Å²) >= 11 is 4.15. The summed E-state index contributed by atoms with van der Waals surface area (Å²) in [6, 6.07) is 5.11. The SMILES string of the molecule is COc1ccc(CC(=O)O)cc1S. The van der Waals surface area contributed by atoms with Crippen LogP contribution in [0.5, 0.6) is 5.75 Å². The Bertz CT molecular complexity index is 323. The Balaban J connectivity index is 2.89. The molecule has 70 valence electrons. The van der Waals surface area contributed by atoms with Gasteiger partial charge in [-0.2, -0.15) is 0 Å². The molecule has 0 saturated carbocycles. The predicted octanol–water partition coefficient (Wildman–Crippen LogP) is 1.61. The largest absolute Gasteiger partial charge is 0.496 e. The van der Waals surface area contributed by atoms with E-state index in [1.54, 1.807) is 25.3 Å². The Morgan fingerprint density at radius 2 is 2.31 bits per heavy atom. The molecule has 0 amide bonds. The highest BCUT2D eigenvalue weighted by molar-refractivity contribution is 7.80. The topological polar surface area (TPSA) is 46.5 Å². The van der Waals surface area contributed by atoms with Crippen LogP contribution in [0.25, 0.3) is 0 Å². The normalized spacial score (nSPS) is 9.69. The molecular formula is C9H10O3S. The van der Waals surface area contributed by atoms with Crippen molar-refractivity contribution in [1.82, 2.24) is 0 Å². The smallest absolute Gasteiger partial charge is 0.307 e. The van der Waals surface area contributed by atoms with Crippen molar-refractivity contribution in [3.8, 4) is 5.75 Å². The lowest BCUT2D eigenvalue weighted by atomic mass is 10.1. The van der Waals surface area contributed by atoms with E-state index in [9.17, 15) is 4.79 Å². The zero-order valence-electron chi connectivity index (χ0n) is 7.15. The van der Waals surface area contributed by atoms with Crippen molar-refractivity contribution >= 4 is 18.6 Å². The first-order valence-electron chi connectivity index (χ1n) is 3.71. The number of thiol groups is 1. The Hall–Kier alpha value is -1.16. The second kappa shape index (κ2) is 4.18. The number of carbonyl (C=O) groups is 1. The average Bonchev–Trinajstić information content (AvgIpc) is 2.03. The van der Waals surface area contributed by atoms with Crippen LogP contribution in [0.1, 0.15) is 5.56 Å². The summed E-state index contributed by atoms with van der Waals surface area (Å²) in [6.45, 7) is 0. The third kappa shape index (κ3) is 2.66. The molecule has 0 saturated heterocycles. The molecule has 0 aromatic heterocycles. The molecule has 0 fully saturated rings. The molecule has 0 heterocycles. The molecule has 0 spiro atoms. The summed E-state index contributed by atoms with van der Waals surface area (Å²) in [4.78, 5) is 11.0. The highest BCUT2D eigenvalue weighted by Gasteiger charge is 2.03. The van der Waals surface area contributed by atoms with Gasteiger partial charge < -0.3 is 9.84 Å². The first kappa shape index (κ1) is 9.92. The standard InChI is InChI=1S/C9H10O3S/c1-12-7-3-2-6(4-8(7)13)5-9(10)11/h2-4,13H,5H2,1H3,(H,10,11). The minimum Gasteiger partial charge on any atom is -0.496 e. The van der Waals surface area contributed by atoms with E-state index in [1.807, 2.05) is 0 Å². The van der Waals surface area contributed by atoms with Gasteiger partial charge in [-0.1, -0.05) is 6.07 Å². The summed E-state index contributed by atoms with van der Waals surface area (Å²) in [7, 11) is 1.55. The number of aliphatic carboxylic acids is 1. The van der Waals surface area contributed by atoms with Gasteiger partial charge in [-0.15, -0.1) is 12.6 Å². The highest BCUT2D eigenvalue weighted by Crippen LogP contribution is 2.23. The van der Waals surface area contributed by atoms with Crippen LogP contribution in [-0.2, 0) is 11.2 Å². The second-order valence-corrected chi connectivity index (χ2v) is 3.06. The molecule has 0 radical (unpaired) electrons. The van der Waals surface area contributed by atoms with E-state index in [4.69, 9.17) is 9.84 Å². The molecular weight excluding hydrogens is 188 g/mol. The predicted molar refractivity (Wildman–Crippen MR) is 51.6 cm³/mol. The molecule has 4 heteroatoms. The lowest BCUT2D eigenvalue weighted by molar-refractivity contribution is -0.136. The lowest BCUT2D eigenvalue weighted by Gasteiger charge is -2.04. The summed E-state index contributed by atoms with van der Waals surface area (Å²) in [6.07, 6.45) is 0.0115. The Labute approximate surface area is 81.8 Å². The van der Waals surface area contributed by atoms with Gasteiger partial charge in [-0.25, -0.2) is 0 Å². The molecule has 1 N–H and O–H groups in total. The summed E-state index contributed by atoms with van der Waals surface area (Å²) < 4.78 is 4.98. The van der Waals surface area contributed by atoms with Gasteiger partial charge in [0.15, 0.2) is 0 Å². The fraction of sp³-hybridized carbons (Fsp3) is 0.222. The van der Waals surface area contributed by atoms with Gasteiger partial charge in [0.25, 0.3) is 0 Å². The van der Waals surface area contributed by atoms with Crippen molar-refractivity contribution in [2.75, 3.05) is 7.11 Å². The van der Waals surface area contributed by atoms with E-state index < -0.39 is 5.97 Å². The number of methoxy groups -OCH3 is 1. The van der Waals surface area contributed by atoms with Crippen LogP contribution < -0.4 is 4.74 Å². The van der Waals surface area contributed by atoms with E-state index >= 15 is 0 Å². The number of rotatable bonds is 3. The number of carboxylic acids is 1. The van der Waals surface area contributed by atoms with Gasteiger partial charge in [0.2, 0.25) is 0 Å². The number of benzene rings is 1. The maximum absolute atomic E-state index is 10.4. The van der Waals surface area contributed by atoms with Gasteiger partial charge in [-0.05, 0) is 17.7 Å². The van der Waals surface area contributed by atoms with Gasteiger partial charge in [0, 0.05) is 4.90 Å². The maximum atomic E-state index is 10.4. The van der Waals surface area contributed by atoms with E-state index in [-0.39, 0.29) is 6.42 Å². The number of ether oxygens (including phenoxy) is 1. The monoisotopic (exact) mass is 198 g/mol. The molecule has 0 bridgehead atoms. The number of hydrogen-bond acceptors (Lipinski definition) is 3. The van der Waals surface area contributed by atoms with Gasteiger partial charge in [0.1, 0.15) is 5.75 Å². The van der Waals surface area contributed by atoms with Crippen LogP contribution in [0.2, 0.25) is 0 Å². The molecule has 0 aliphatic rings. The quantitative estimate of drug-likeness (QED) is 0.725. The number of hydrogen-bond donors (Lipinski definition) is 2. The third-order valence-electron chi connectivity index (χ3n) is 1.60. The van der Waals surface area contributed by atoms with Crippen LogP contribution >= 0.6 is 12.6 Å². The lowest BCUT2D eigenvalue weighted by Crippen LogP contribution is -2.00. The Morgan fingerprint density at radius 1 is 1.62 bits per heavy atom. The minimum atomic E-state index is -0.849. The van der Waals surface area contributed by atoms with Crippen LogP contribution in [0.15, 0.2) is 23.1 Å². The molecule has 1 rings (SSSR count). The van der Waals surface area contributed by atoms with Crippen LogP contribution in [0, 0.1) is 0 Å².